The van der Waals surface area contributed by atoms with Crippen LogP contribution in [-0.4, -0.2) is 34.3 Å². The fourth-order valence-corrected chi connectivity index (χ4v) is 3.88. The Morgan fingerprint density at radius 2 is 2.04 bits per heavy atom. The van der Waals surface area contributed by atoms with Crippen molar-refractivity contribution in [2.45, 2.75) is 13.0 Å². The molecule has 2 heterocycles. The van der Waals surface area contributed by atoms with Gasteiger partial charge in [-0.05, 0) is 36.8 Å². The third-order valence-electron chi connectivity index (χ3n) is 4.49. The van der Waals surface area contributed by atoms with Gasteiger partial charge >= 0.3 is 5.97 Å². The highest BCUT2D eigenvalue weighted by Gasteiger charge is 2.28. The average molecular weight is 392 g/mol. The van der Waals surface area contributed by atoms with Crippen LogP contribution >= 0.6 is 23.2 Å². The summed E-state index contributed by atoms with van der Waals surface area (Å²) in [6.07, 6.45) is 0.827. The normalized spacial score (nSPS) is 13.7. The lowest BCUT2D eigenvalue weighted by atomic mass is 10.1. The van der Waals surface area contributed by atoms with E-state index in [1.165, 1.54) is 0 Å². The van der Waals surface area contributed by atoms with E-state index < -0.39 is 5.97 Å². The Morgan fingerprint density at radius 3 is 2.73 bits per heavy atom. The molecule has 6 nitrogen and oxygen atoms in total. The number of carboxylic acids is 1. The number of ether oxygens (including phenoxy) is 1. The molecule has 0 atom stereocenters. The number of fused-ring (bicyclic) bond motifs is 3. The number of aryl methyl sites for hydroxylation is 1. The highest BCUT2D eigenvalue weighted by molar-refractivity contribution is 6.36. The van der Waals surface area contributed by atoms with Gasteiger partial charge in [-0.1, -0.05) is 23.2 Å². The third kappa shape index (κ3) is 2.57. The molecule has 4 rings (SSSR count). The maximum absolute atomic E-state index is 11.7. The molecule has 0 unspecified atom stereocenters. The van der Waals surface area contributed by atoms with Crippen molar-refractivity contribution in [2.24, 2.45) is 0 Å². The summed E-state index contributed by atoms with van der Waals surface area (Å²) in [5.74, 6) is 0.179. The van der Waals surface area contributed by atoms with Crippen molar-refractivity contribution in [2.75, 3.05) is 18.6 Å². The predicted molar refractivity (Wildman–Crippen MR) is 101 cm³/mol. The summed E-state index contributed by atoms with van der Waals surface area (Å²) in [6, 6.07) is 8.48. The molecule has 2 aromatic carbocycles. The number of rotatable bonds is 3. The van der Waals surface area contributed by atoms with E-state index in [1.54, 1.807) is 31.4 Å². The molecule has 0 amide bonds. The Balaban J connectivity index is 1.98. The predicted octanol–water partition coefficient (Wildman–Crippen LogP) is 4.59. The summed E-state index contributed by atoms with van der Waals surface area (Å²) in [6.45, 7) is 1.39. The van der Waals surface area contributed by atoms with E-state index in [0.29, 0.717) is 39.3 Å². The summed E-state index contributed by atoms with van der Waals surface area (Å²) < 4.78 is 7.30. The zero-order valence-corrected chi connectivity index (χ0v) is 15.4. The van der Waals surface area contributed by atoms with Crippen molar-refractivity contribution < 1.29 is 14.6 Å². The highest BCUT2D eigenvalue weighted by atomic mass is 35.5. The van der Waals surface area contributed by atoms with E-state index in [-0.39, 0.29) is 5.56 Å². The van der Waals surface area contributed by atoms with Gasteiger partial charge in [-0.2, -0.15) is 0 Å². The standard InChI is InChI=1S/C18H15Cl2N3O3/c1-26-14-6-4-11(17(24)25)16-15(14)21-18-22(7-2-8-23(16)18)13-5-3-10(19)9-12(13)20/h3-6,9H,2,7-8H2,1H3,(H,24,25). The second-order valence-corrected chi connectivity index (χ2v) is 6.83. The molecule has 0 saturated heterocycles. The first-order valence-electron chi connectivity index (χ1n) is 8.04. The van der Waals surface area contributed by atoms with Gasteiger partial charge in [0.25, 0.3) is 0 Å². The third-order valence-corrected chi connectivity index (χ3v) is 5.03. The summed E-state index contributed by atoms with van der Waals surface area (Å²) in [7, 11) is 1.54. The van der Waals surface area contributed by atoms with Gasteiger partial charge < -0.3 is 19.3 Å². The first-order valence-corrected chi connectivity index (χ1v) is 8.80. The largest absolute Gasteiger partial charge is 0.494 e. The van der Waals surface area contributed by atoms with Gasteiger partial charge in [0.1, 0.15) is 11.3 Å². The quantitative estimate of drug-likeness (QED) is 0.706. The van der Waals surface area contributed by atoms with Crippen LogP contribution in [0.5, 0.6) is 5.75 Å². The summed E-state index contributed by atoms with van der Waals surface area (Å²) in [5, 5.41) is 10.7. The number of benzene rings is 2. The Morgan fingerprint density at radius 1 is 1.23 bits per heavy atom. The van der Waals surface area contributed by atoms with E-state index in [0.717, 1.165) is 18.7 Å². The number of methoxy groups -OCH3 is 1. The van der Waals surface area contributed by atoms with Crippen molar-refractivity contribution in [3.63, 3.8) is 0 Å². The van der Waals surface area contributed by atoms with Gasteiger partial charge in [-0.25, -0.2) is 9.78 Å². The van der Waals surface area contributed by atoms with E-state index in [2.05, 4.69) is 0 Å². The van der Waals surface area contributed by atoms with Gasteiger partial charge in [0.15, 0.2) is 0 Å². The number of aromatic nitrogens is 2. The number of carbonyl (C=O) groups is 1. The molecule has 1 aromatic heterocycles. The van der Waals surface area contributed by atoms with E-state index in [1.807, 2.05) is 15.5 Å². The molecular formula is C18H15Cl2N3O3. The summed E-state index contributed by atoms with van der Waals surface area (Å²) in [5.41, 5.74) is 2.06. The van der Waals surface area contributed by atoms with Gasteiger partial charge in [-0.15, -0.1) is 0 Å². The number of imidazole rings is 1. The molecule has 134 valence electrons. The smallest absolute Gasteiger partial charge is 0.337 e. The van der Waals surface area contributed by atoms with Crippen molar-refractivity contribution in [1.29, 1.82) is 0 Å². The Bertz CT molecular complexity index is 1030. The molecule has 1 aliphatic rings. The molecule has 0 spiro atoms. The van der Waals surface area contributed by atoms with E-state index in [4.69, 9.17) is 32.9 Å². The molecule has 1 aliphatic heterocycles. The van der Waals surface area contributed by atoms with Crippen LogP contribution in [0.15, 0.2) is 30.3 Å². The topological polar surface area (TPSA) is 67.6 Å². The van der Waals surface area contributed by atoms with Crippen LogP contribution in [0.1, 0.15) is 16.8 Å². The first-order chi connectivity index (χ1) is 12.5. The Hall–Kier alpha value is -2.44. The zero-order chi connectivity index (χ0) is 18.4. The van der Waals surface area contributed by atoms with E-state index >= 15 is 0 Å². The van der Waals surface area contributed by atoms with Gasteiger partial charge in [-0.3, -0.25) is 0 Å². The number of nitrogens with zero attached hydrogens (tertiary/aromatic N) is 3. The summed E-state index contributed by atoms with van der Waals surface area (Å²) in [4.78, 5) is 18.4. The maximum atomic E-state index is 11.7. The van der Waals surface area contributed by atoms with Crippen LogP contribution < -0.4 is 9.64 Å². The molecule has 0 radical (unpaired) electrons. The van der Waals surface area contributed by atoms with Gasteiger partial charge in [0.2, 0.25) is 5.95 Å². The molecule has 0 aliphatic carbocycles. The number of halogens is 2. The van der Waals surface area contributed by atoms with Crippen LogP contribution in [0.3, 0.4) is 0 Å². The summed E-state index contributed by atoms with van der Waals surface area (Å²) >= 11 is 12.4. The lowest BCUT2D eigenvalue weighted by Crippen LogP contribution is -2.28. The van der Waals surface area contributed by atoms with Crippen LogP contribution in [0.25, 0.3) is 11.0 Å². The van der Waals surface area contributed by atoms with Gasteiger partial charge in [0, 0.05) is 18.1 Å². The molecule has 0 fully saturated rings. The van der Waals surface area contributed by atoms with Crippen LogP contribution in [0.4, 0.5) is 11.6 Å². The monoisotopic (exact) mass is 391 g/mol. The Kier molecular flexibility index (Phi) is 4.17. The lowest BCUT2D eigenvalue weighted by Gasteiger charge is -2.30. The van der Waals surface area contributed by atoms with Crippen molar-refractivity contribution in [1.82, 2.24) is 9.55 Å². The Labute approximate surface area is 159 Å². The molecule has 8 heteroatoms. The first kappa shape index (κ1) is 17.0. The van der Waals surface area contributed by atoms with Crippen LogP contribution in [0, 0.1) is 0 Å². The number of hydrogen-bond acceptors (Lipinski definition) is 4. The lowest BCUT2D eigenvalue weighted by molar-refractivity contribution is 0.0698. The highest BCUT2D eigenvalue weighted by Crippen LogP contribution is 2.39. The van der Waals surface area contributed by atoms with Crippen molar-refractivity contribution >= 4 is 51.8 Å². The fraction of sp³-hybridized carbons (Fsp3) is 0.222. The molecular weight excluding hydrogens is 377 g/mol. The average Bonchev–Trinajstić information content (AvgIpc) is 3.00. The van der Waals surface area contributed by atoms with Crippen molar-refractivity contribution in [3.05, 3.63) is 45.9 Å². The fourth-order valence-electron chi connectivity index (χ4n) is 3.37. The number of carboxylic acid groups (broad SMARTS) is 1. The van der Waals surface area contributed by atoms with Gasteiger partial charge in [0.05, 0.1) is 28.9 Å². The minimum Gasteiger partial charge on any atom is -0.494 e. The molecule has 26 heavy (non-hydrogen) atoms. The SMILES string of the molecule is COc1ccc(C(=O)O)c2c1nc1n2CCCN1c1ccc(Cl)cc1Cl. The molecule has 0 bridgehead atoms. The van der Waals surface area contributed by atoms with Crippen LogP contribution in [-0.2, 0) is 6.54 Å². The second-order valence-electron chi connectivity index (χ2n) is 5.98. The van der Waals surface area contributed by atoms with Crippen molar-refractivity contribution in [3.8, 4) is 5.75 Å². The number of anilines is 2. The van der Waals surface area contributed by atoms with Crippen LogP contribution in [0.2, 0.25) is 10.0 Å². The number of hydrogen-bond donors (Lipinski definition) is 1. The number of aromatic carboxylic acids is 1. The molecule has 1 N–H and O–H groups in total. The zero-order valence-electron chi connectivity index (χ0n) is 13.9. The maximum Gasteiger partial charge on any atom is 0.337 e. The molecule has 3 aromatic rings. The second kappa shape index (κ2) is 6.37. The minimum absolute atomic E-state index is 0.198. The molecule has 0 saturated carbocycles. The van der Waals surface area contributed by atoms with E-state index in [9.17, 15) is 9.90 Å². The minimum atomic E-state index is -0.998.